The van der Waals surface area contributed by atoms with Crippen LogP contribution in [0, 0.1) is 6.92 Å². The number of aromatic amines is 2. The Morgan fingerprint density at radius 1 is 0.833 bits per heavy atom. The van der Waals surface area contributed by atoms with Crippen molar-refractivity contribution in [2.75, 3.05) is 106 Å². The van der Waals surface area contributed by atoms with E-state index in [0.29, 0.717) is 127 Å². The Balaban J connectivity index is 1.20. The molecule has 1 fully saturated rings. The molecule has 5 aliphatic rings. The Kier molecular flexibility index (Phi) is 22.2. The monoisotopic (exact) mass is 1160 g/mol. The number of H-pyrrole nitrogens is 2. The molecule has 0 aromatic carbocycles. The third-order valence-electron chi connectivity index (χ3n) is 15.5. The summed E-state index contributed by atoms with van der Waals surface area (Å²) in [5.74, 6) is -3.48. The molecule has 0 saturated carbocycles. The van der Waals surface area contributed by atoms with Crippen LogP contribution in [0.25, 0.3) is 33.3 Å². The van der Waals surface area contributed by atoms with Gasteiger partial charge in [0.05, 0.1) is 85.7 Å². The van der Waals surface area contributed by atoms with Gasteiger partial charge >= 0.3 is 12.1 Å². The number of hydrogen-bond acceptors (Lipinski definition) is 16. The summed E-state index contributed by atoms with van der Waals surface area (Å²) in [6.45, 7) is 23.2. The fourth-order valence-corrected chi connectivity index (χ4v) is 10.6. The lowest BCUT2D eigenvalue weighted by Crippen LogP contribution is -2.52. The quantitative estimate of drug-likeness (QED) is 0.0331. The number of ether oxygens (including phenoxy) is 6. The van der Waals surface area contributed by atoms with Crippen LogP contribution >= 0.6 is 0 Å². The molecule has 84 heavy (non-hydrogen) atoms. The molecule has 2 aromatic rings. The van der Waals surface area contributed by atoms with E-state index in [4.69, 9.17) is 38.4 Å². The van der Waals surface area contributed by atoms with E-state index < -0.39 is 59.3 Å². The first kappa shape index (κ1) is 64.3. The molecule has 7 heterocycles. The molecule has 8 bridgehead atoms. The highest BCUT2D eigenvalue weighted by molar-refractivity contribution is 6.23. The molecule has 4 atom stereocenters. The normalized spacial score (nSPS) is 17.5. The van der Waals surface area contributed by atoms with Crippen LogP contribution in [-0.4, -0.2) is 200 Å². The van der Waals surface area contributed by atoms with Gasteiger partial charge in [0, 0.05) is 100 Å². The summed E-state index contributed by atoms with van der Waals surface area (Å²) in [6, 6.07) is 3.86. The Morgan fingerprint density at radius 3 is 2.18 bits per heavy atom. The average molecular weight is 1170 g/mol. The summed E-state index contributed by atoms with van der Waals surface area (Å²) in [5.41, 5.74) is 8.80. The Morgan fingerprint density at radius 2 is 1.49 bits per heavy atom. The third kappa shape index (κ3) is 15.9. The molecule has 23 heteroatoms. The lowest BCUT2D eigenvalue weighted by Gasteiger charge is -2.31. The first-order valence-corrected chi connectivity index (χ1v) is 29.0. The summed E-state index contributed by atoms with van der Waals surface area (Å²) in [6.07, 6.45) is 3.29. The summed E-state index contributed by atoms with van der Waals surface area (Å²) >= 11 is 0. The van der Waals surface area contributed by atoms with Crippen molar-refractivity contribution in [3.8, 4) is 0 Å². The lowest BCUT2D eigenvalue weighted by molar-refractivity contribution is -0.139. The molecule has 6 amide bonds. The zero-order valence-electron chi connectivity index (χ0n) is 50.8. The van der Waals surface area contributed by atoms with Gasteiger partial charge < -0.3 is 59.2 Å². The van der Waals surface area contributed by atoms with Gasteiger partial charge in [0.25, 0.3) is 11.8 Å². The number of carbonyl (C=O) groups excluding carboxylic acids is 7. The number of aryl methyl sites for hydroxylation is 1. The number of fused-ring (bicyclic) bond motifs is 8. The predicted molar refractivity (Wildman–Crippen MR) is 316 cm³/mol. The highest BCUT2D eigenvalue weighted by Crippen LogP contribution is 2.45. The number of carbonyl (C=O) groups is 7. The first-order chi connectivity index (χ1) is 40.0. The molecule has 1 saturated heterocycles. The Bertz CT molecular complexity index is 3130. The van der Waals surface area contributed by atoms with Gasteiger partial charge in [-0.25, -0.2) is 19.6 Å². The number of rotatable bonds is 25. The van der Waals surface area contributed by atoms with Gasteiger partial charge in [0.15, 0.2) is 0 Å². The molecule has 0 spiro atoms. The van der Waals surface area contributed by atoms with Crippen molar-refractivity contribution in [3.63, 3.8) is 0 Å². The molecule has 5 N–H and O–H groups in total. The van der Waals surface area contributed by atoms with E-state index in [1.807, 2.05) is 45.9 Å². The van der Waals surface area contributed by atoms with Gasteiger partial charge in [-0.15, -0.1) is 0 Å². The summed E-state index contributed by atoms with van der Waals surface area (Å²) in [7, 11) is 3.25. The first-order valence-electron chi connectivity index (χ1n) is 29.0. The number of hydrogen-bond donors (Lipinski definition) is 5. The molecule has 7 rings (SSSR count). The number of nitrogens with one attached hydrogen (secondary N) is 5. The van der Waals surface area contributed by atoms with Crippen LogP contribution < -0.4 is 16.0 Å². The van der Waals surface area contributed by atoms with Crippen LogP contribution in [0.5, 0.6) is 0 Å². The fraction of sp³-hybridized carbons (Fsp3) is 0.557. The maximum Gasteiger partial charge on any atom is 0.408 e. The van der Waals surface area contributed by atoms with Gasteiger partial charge in [0.1, 0.15) is 24.3 Å². The summed E-state index contributed by atoms with van der Waals surface area (Å²) < 4.78 is 32.3. The summed E-state index contributed by atoms with van der Waals surface area (Å²) in [5, 5.41) is 7.84. The molecule has 0 unspecified atom stereocenters. The fourth-order valence-electron chi connectivity index (χ4n) is 10.6. The number of imide groups is 1. The molecule has 456 valence electrons. The van der Waals surface area contributed by atoms with Crippen LogP contribution in [0.2, 0.25) is 0 Å². The Labute approximate surface area is 491 Å². The maximum absolute atomic E-state index is 15.4. The smallest absolute Gasteiger partial charge is 0.408 e. The van der Waals surface area contributed by atoms with E-state index in [1.165, 1.54) is 29.7 Å². The molecule has 0 aliphatic carbocycles. The topological polar surface area (TPSA) is 278 Å². The van der Waals surface area contributed by atoms with Crippen LogP contribution in [0.1, 0.15) is 154 Å². The van der Waals surface area contributed by atoms with Crippen molar-refractivity contribution in [2.24, 2.45) is 0 Å². The molecule has 5 aliphatic heterocycles. The van der Waals surface area contributed by atoms with E-state index in [-0.39, 0.29) is 57.5 Å². The minimum atomic E-state index is -0.977. The lowest BCUT2D eigenvalue weighted by atomic mass is 9.84. The van der Waals surface area contributed by atoms with Crippen LogP contribution in [-0.2, 0) is 47.6 Å². The number of alkyl carbamates (subject to hydrolysis) is 1. The number of nitrogens with zero attached hydrogens (tertiary/aromatic N) is 5. The minimum absolute atomic E-state index is 0.0424. The second kappa shape index (κ2) is 29.0. The number of esters is 1. The zero-order valence-corrected chi connectivity index (χ0v) is 50.8. The van der Waals surface area contributed by atoms with E-state index >= 15 is 4.79 Å². The molecule has 0 radical (unpaired) electrons. The number of morpholine rings is 1. The van der Waals surface area contributed by atoms with Gasteiger partial charge in [-0.2, -0.15) is 0 Å². The molecular formula is C61H84N10O13. The molecule has 23 nitrogen and oxygen atoms in total. The van der Waals surface area contributed by atoms with Crippen LogP contribution in [0.4, 0.5) is 4.79 Å². The van der Waals surface area contributed by atoms with Gasteiger partial charge in [-0.1, -0.05) is 13.8 Å². The average Bonchev–Trinajstić information content (AvgIpc) is 4.18. The van der Waals surface area contributed by atoms with Crippen molar-refractivity contribution in [3.05, 3.63) is 81.2 Å². The van der Waals surface area contributed by atoms with Gasteiger partial charge in [-0.3, -0.25) is 33.8 Å². The van der Waals surface area contributed by atoms with Crippen molar-refractivity contribution in [1.29, 1.82) is 0 Å². The maximum atomic E-state index is 15.4. The van der Waals surface area contributed by atoms with E-state index in [2.05, 4.69) is 37.7 Å². The van der Waals surface area contributed by atoms with Gasteiger partial charge in [0.2, 0.25) is 17.7 Å². The largest absolute Gasteiger partial charge is 0.460 e. The second-order valence-corrected chi connectivity index (χ2v) is 22.5. The highest BCUT2D eigenvalue weighted by Gasteiger charge is 2.41. The SMILES string of the molecule is CCC1=C(C)c2cc3nc(cc4[nH]c(c5c6[nH]c(cc1n2)c(C)c6C(=O)N(CCN1CCOCC1)C5=O)[C@@H](CCC(=O)N(C)CCNC(=O)[C@H](C)NC(=O)[C@H](C)NC(=O)OC(C)(C)C)[C@@H]4C)C(C)=C3/C=C/C(=O)OCCOCCOCCOC. The molecule has 2 aromatic heterocycles. The number of methoxy groups -OCH3 is 1. The number of likely N-dealkylation sites (N-methyl/N-ethyl adjacent to an activating group) is 1. The van der Waals surface area contributed by atoms with Crippen LogP contribution in [0.3, 0.4) is 0 Å². The van der Waals surface area contributed by atoms with E-state index in [1.54, 1.807) is 41.0 Å². The number of aromatic nitrogens is 4. The zero-order chi connectivity index (χ0) is 61.0. The third-order valence-corrected chi connectivity index (χ3v) is 15.5. The number of amides is 6. The Hall–Kier alpha value is -7.31. The van der Waals surface area contributed by atoms with E-state index in [9.17, 15) is 28.8 Å². The highest BCUT2D eigenvalue weighted by atomic mass is 16.6. The predicted octanol–water partition coefficient (Wildman–Crippen LogP) is 5.98. The van der Waals surface area contributed by atoms with Crippen LogP contribution in [0.15, 0.2) is 30.4 Å². The molecular weight excluding hydrogens is 1080 g/mol. The van der Waals surface area contributed by atoms with E-state index in [0.717, 1.165) is 22.4 Å². The standard InChI is InChI=1S/C61H84N10O13/c1-13-41-35(2)45-33-49-42(15-17-51(73)83-31-30-82-29-28-81-27-26-79-12)36(3)44(66-49)32-46-37(4)43(14-16-50(72)69(11)19-18-62-56(74)39(6)63-57(75)40(7)64-60(78)84-61(8,9)10)54(67-46)53-55-52(38(5)47(68-55)34-48(41)65-45)58(76)71(59(53)77)21-20-70-22-24-80-25-23-70/h15,17,32-34,37,39-40,43,67-68H,13-14,16,18-31H2,1-12H3,(H,62,74)(H,63,75)(H,64,78)/b17-15+,46-32?,48-34?,49-33?,54-53?/t37-,39-,40-,43-/m0/s1. The van der Waals surface area contributed by atoms with Crippen molar-refractivity contribution in [1.82, 2.24) is 50.6 Å². The van der Waals surface area contributed by atoms with Crippen molar-refractivity contribution >= 4 is 74.9 Å². The van der Waals surface area contributed by atoms with Crippen molar-refractivity contribution in [2.45, 2.75) is 118 Å². The van der Waals surface area contributed by atoms with Gasteiger partial charge in [-0.05, 0) is 115 Å². The second-order valence-electron chi connectivity index (χ2n) is 22.5. The van der Waals surface area contributed by atoms with Crippen molar-refractivity contribution < 1.29 is 62.0 Å². The number of allylic oxidation sites excluding steroid dienone is 5. The summed E-state index contributed by atoms with van der Waals surface area (Å²) in [4.78, 5) is 118. The minimum Gasteiger partial charge on any atom is -0.460 e.